The van der Waals surface area contributed by atoms with E-state index in [2.05, 4.69) is 15.5 Å². The molecule has 0 spiro atoms. The van der Waals surface area contributed by atoms with Gasteiger partial charge in [-0.05, 0) is 37.6 Å². The zero-order chi connectivity index (χ0) is 14.5. The van der Waals surface area contributed by atoms with Crippen LogP contribution in [0, 0.1) is 19.7 Å². The van der Waals surface area contributed by atoms with Crippen LogP contribution in [0.2, 0.25) is 0 Å². The summed E-state index contributed by atoms with van der Waals surface area (Å²) in [5.41, 5.74) is 6.17. The number of nitrogens with one attached hydrogen (secondary N) is 2. The van der Waals surface area contributed by atoms with Gasteiger partial charge in [0.05, 0.1) is 12.6 Å². The second-order valence-electron chi connectivity index (χ2n) is 4.63. The quantitative estimate of drug-likeness (QED) is 0.652. The molecule has 0 fully saturated rings. The van der Waals surface area contributed by atoms with Crippen LogP contribution in [0.1, 0.15) is 22.5 Å². The Hall–Kier alpha value is -2.43. The third kappa shape index (κ3) is 3.78. The molecule has 2 aromatic rings. The van der Waals surface area contributed by atoms with Gasteiger partial charge in [-0.2, -0.15) is 5.10 Å². The molecule has 20 heavy (non-hydrogen) atoms. The summed E-state index contributed by atoms with van der Waals surface area (Å²) in [6.45, 7) is 3.89. The second kappa shape index (κ2) is 6.14. The molecule has 104 valence electrons. The minimum absolute atomic E-state index is 0.169. The van der Waals surface area contributed by atoms with Crippen molar-refractivity contribution in [2.45, 2.75) is 20.3 Å². The van der Waals surface area contributed by atoms with Crippen molar-refractivity contribution in [2.24, 2.45) is 5.10 Å². The summed E-state index contributed by atoms with van der Waals surface area (Å²) in [7, 11) is 0. The van der Waals surface area contributed by atoms with E-state index in [1.807, 2.05) is 19.9 Å². The van der Waals surface area contributed by atoms with E-state index in [1.165, 1.54) is 12.1 Å². The van der Waals surface area contributed by atoms with Gasteiger partial charge >= 0.3 is 0 Å². The first-order valence-electron chi connectivity index (χ1n) is 6.27. The lowest BCUT2D eigenvalue weighted by Crippen LogP contribution is -2.19. The second-order valence-corrected chi connectivity index (χ2v) is 4.63. The van der Waals surface area contributed by atoms with Gasteiger partial charge in [-0.25, -0.2) is 9.82 Å². The molecule has 0 aliphatic heterocycles. The highest BCUT2D eigenvalue weighted by Crippen LogP contribution is 2.06. The Balaban J connectivity index is 1.89. The molecule has 0 saturated heterocycles. The normalized spacial score (nSPS) is 10.9. The Morgan fingerprint density at radius 1 is 1.35 bits per heavy atom. The minimum atomic E-state index is -0.314. The van der Waals surface area contributed by atoms with Crippen LogP contribution in [-0.4, -0.2) is 17.1 Å². The van der Waals surface area contributed by atoms with E-state index in [0.29, 0.717) is 0 Å². The number of hydrogen-bond donors (Lipinski definition) is 2. The lowest BCUT2D eigenvalue weighted by atomic mass is 10.1. The fourth-order valence-corrected chi connectivity index (χ4v) is 1.88. The maximum Gasteiger partial charge on any atom is 0.244 e. The van der Waals surface area contributed by atoms with E-state index in [-0.39, 0.29) is 18.1 Å². The van der Waals surface area contributed by atoms with Gasteiger partial charge in [-0.3, -0.25) is 4.79 Å². The third-order valence-corrected chi connectivity index (χ3v) is 2.86. The summed E-state index contributed by atoms with van der Waals surface area (Å²) in [6, 6.07) is 7.77. The third-order valence-electron chi connectivity index (χ3n) is 2.86. The molecule has 5 heteroatoms. The Kier molecular flexibility index (Phi) is 4.30. The molecular formula is C15H16FN3O. The summed E-state index contributed by atoms with van der Waals surface area (Å²) < 4.78 is 12.7. The van der Waals surface area contributed by atoms with Crippen LogP contribution in [0.5, 0.6) is 0 Å². The van der Waals surface area contributed by atoms with Crippen molar-refractivity contribution in [3.05, 3.63) is 58.7 Å². The van der Waals surface area contributed by atoms with Gasteiger partial charge in [-0.15, -0.1) is 0 Å². The zero-order valence-corrected chi connectivity index (χ0v) is 11.4. The molecule has 4 nitrogen and oxygen atoms in total. The van der Waals surface area contributed by atoms with Crippen molar-refractivity contribution in [3.8, 4) is 0 Å². The summed E-state index contributed by atoms with van der Waals surface area (Å²) in [4.78, 5) is 14.8. The molecular weight excluding hydrogens is 257 g/mol. The van der Waals surface area contributed by atoms with Gasteiger partial charge < -0.3 is 4.98 Å². The van der Waals surface area contributed by atoms with E-state index >= 15 is 0 Å². The van der Waals surface area contributed by atoms with Gasteiger partial charge in [-0.1, -0.05) is 12.1 Å². The Bertz CT molecular complexity index is 629. The Morgan fingerprint density at radius 3 is 2.65 bits per heavy atom. The molecule has 0 unspecified atom stereocenters. The van der Waals surface area contributed by atoms with Crippen LogP contribution in [0.15, 0.2) is 35.4 Å². The fraction of sp³-hybridized carbons (Fsp3) is 0.200. The maximum absolute atomic E-state index is 12.7. The van der Waals surface area contributed by atoms with Crippen LogP contribution in [0.4, 0.5) is 4.39 Å². The van der Waals surface area contributed by atoms with E-state index < -0.39 is 0 Å². The number of aromatic nitrogens is 1. The molecule has 0 atom stereocenters. The lowest BCUT2D eigenvalue weighted by molar-refractivity contribution is -0.120. The highest BCUT2D eigenvalue weighted by atomic mass is 19.1. The Morgan fingerprint density at radius 2 is 2.05 bits per heavy atom. The number of hydrazone groups is 1. The van der Waals surface area contributed by atoms with Crippen LogP contribution in [0.25, 0.3) is 0 Å². The van der Waals surface area contributed by atoms with Crippen LogP contribution in [0.3, 0.4) is 0 Å². The highest BCUT2D eigenvalue weighted by Gasteiger charge is 2.03. The predicted octanol–water partition coefficient (Wildman–Crippen LogP) is 2.46. The topological polar surface area (TPSA) is 57.2 Å². The number of halogens is 1. The number of aryl methyl sites for hydroxylation is 2. The molecule has 1 aromatic carbocycles. The number of carbonyl (C=O) groups is 1. The average molecular weight is 273 g/mol. The van der Waals surface area contributed by atoms with E-state index in [0.717, 1.165) is 22.5 Å². The first-order valence-corrected chi connectivity index (χ1v) is 6.27. The van der Waals surface area contributed by atoms with Gasteiger partial charge in [0.2, 0.25) is 5.91 Å². The predicted molar refractivity (Wildman–Crippen MR) is 76.1 cm³/mol. The molecule has 2 N–H and O–H groups in total. The number of hydrogen-bond acceptors (Lipinski definition) is 2. The molecule has 0 bridgehead atoms. The molecule has 0 aliphatic carbocycles. The Labute approximate surface area is 116 Å². The number of amides is 1. The molecule has 1 heterocycles. The van der Waals surface area contributed by atoms with Crippen LogP contribution >= 0.6 is 0 Å². The highest BCUT2D eigenvalue weighted by molar-refractivity contribution is 5.84. The molecule has 0 aliphatic rings. The lowest BCUT2D eigenvalue weighted by Gasteiger charge is -2.00. The zero-order valence-electron chi connectivity index (χ0n) is 11.4. The summed E-state index contributed by atoms with van der Waals surface area (Å²) in [5, 5.41) is 3.91. The summed E-state index contributed by atoms with van der Waals surface area (Å²) in [6.07, 6.45) is 1.77. The standard InChI is InChI=1S/C15H16FN3O/c1-10-7-13(11(2)18-10)9-17-19-15(20)8-12-3-5-14(16)6-4-12/h3-7,9,18H,8H2,1-2H3,(H,19,20)/b17-9+. The maximum atomic E-state index is 12.7. The monoisotopic (exact) mass is 273 g/mol. The largest absolute Gasteiger partial charge is 0.362 e. The molecule has 1 aromatic heterocycles. The first kappa shape index (κ1) is 14.0. The molecule has 2 rings (SSSR count). The summed E-state index contributed by atoms with van der Waals surface area (Å²) >= 11 is 0. The number of carbonyl (C=O) groups excluding carboxylic acids is 1. The number of rotatable bonds is 4. The van der Waals surface area contributed by atoms with E-state index in [4.69, 9.17) is 0 Å². The minimum Gasteiger partial charge on any atom is -0.362 e. The fourth-order valence-electron chi connectivity index (χ4n) is 1.88. The SMILES string of the molecule is Cc1cc(/C=N/NC(=O)Cc2ccc(F)cc2)c(C)[nH]1. The van der Waals surface area contributed by atoms with Crippen LogP contribution < -0.4 is 5.43 Å². The number of H-pyrrole nitrogens is 1. The molecule has 0 saturated carbocycles. The van der Waals surface area contributed by atoms with Crippen molar-refractivity contribution in [3.63, 3.8) is 0 Å². The smallest absolute Gasteiger partial charge is 0.244 e. The van der Waals surface area contributed by atoms with Crippen LogP contribution in [-0.2, 0) is 11.2 Å². The van der Waals surface area contributed by atoms with Gasteiger partial charge in [0, 0.05) is 17.0 Å². The van der Waals surface area contributed by atoms with Crippen molar-refractivity contribution >= 4 is 12.1 Å². The van der Waals surface area contributed by atoms with Gasteiger partial charge in [0.1, 0.15) is 5.82 Å². The molecule has 1 amide bonds. The van der Waals surface area contributed by atoms with Crippen molar-refractivity contribution in [2.75, 3.05) is 0 Å². The van der Waals surface area contributed by atoms with Crippen molar-refractivity contribution in [1.82, 2.24) is 10.4 Å². The number of nitrogens with zero attached hydrogens (tertiary/aromatic N) is 1. The average Bonchev–Trinajstić information content (AvgIpc) is 2.71. The van der Waals surface area contributed by atoms with Crippen molar-refractivity contribution in [1.29, 1.82) is 0 Å². The number of benzene rings is 1. The van der Waals surface area contributed by atoms with Gasteiger partial charge in [0.15, 0.2) is 0 Å². The first-order chi connectivity index (χ1) is 9.54. The van der Waals surface area contributed by atoms with E-state index in [9.17, 15) is 9.18 Å². The number of aromatic amines is 1. The summed E-state index contributed by atoms with van der Waals surface area (Å²) in [5.74, 6) is -0.553. The van der Waals surface area contributed by atoms with E-state index in [1.54, 1.807) is 18.3 Å². The van der Waals surface area contributed by atoms with Gasteiger partial charge in [0.25, 0.3) is 0 Å². The van der Waals surface area contributed by atoms with Crippen molar-refractivity contribution < 1.29 is 9.18 Å². The molecule has 0 radical (unpaired) electrons.